The highest BCUT2D eigenvalue weighted by molar-refractivity contribution is 6.54. The molecule has 0 aliphatic heterocycles. The van der Waals surface area contributed by atoms with Gasteiger partial charge in [0.15, 0.2) is 5.78 Å². The van der Waals surface area contributed by atoms with E-state index in [4.69, 9.17) is 51.5 Å². The topological polar surface area (TPSA) is 70.2 Å². The first kappa shape index (κ1) is 19.8. The van der Waals surface area contributed by atoms with Gasteiger partial charge in [0, 0.05) is 29.1 Å². The standard InChI is InChI=1S/C13H11Cl2NO.C5H6Cl2O2/c1-12(7-13(12,14)15)11(17)9-6-16-10-5-3-2-4-8(9)10;1-4(3(8)9)2-5(4,6)7/h2-6,16H,7H2,1H3;2H2,1H3,(H,8,9). The highest BCUT2D eigenvalue weighted by atomic mass is 35.5. The fraction of sp³-hybridized carbons (Fsp3) is 0.444. The number of carboxylic acids is 1. The Hall–Kier alpha value is -0.940. The number of halogens is 4. The van der Waals surface area contributed by atoms with Crippen LogP contribution in [0.4, 0.5) is 0 Å². The summed E-state index contributed by atoms with van der Waals surface area (Å²) in [5, 5.41) is 9.40. The number of carbonyl (C=O) groups excluding carboxylic acids is 1. The molecule has 0 amide bonds. The lowest BCUT2D eigenvalue weighted by Gasteiger charge is -2.09. The van der Waals surface area contributed by atoms with E-state index in [0.29, 0.717) is 18.4 Å². The van der Waals surface area contributed by atoms with E-state index in [0.717, 1.165) is 10.9 Å². The second-order valence-corrected chi connectivity index (χ2v) is 10.3. The molecule has 2 aromatic rings. The van der Waals surface area contributed by atoms with Crippen LogP contribution in [-0.2, 0) is 4.79 Å². The quantitative estimate of drug-likeness (QED) is 0.486. The SMILES string of the molecule is CC1(C(=O)O)CC1(Cl)Cl.CC1(C(=O)c2c[nH]c3ccccc23)CC1(Cl)Cl. The summed E-state index contributed by atoms with van der Waals surface area (Å²) in [6.07, 6.45) is 2.60. The molecule has 2 unspecified atom stereocenters. The Morgan fingerprint density at radius 2 is 1.50 bits per heavy atom. The molecule has 2 aliphatic carbocycles. The number of alkyl halides is 4. The number of hydrogen-bond donors (Lipinski definition) is 2. The van der Waals surface area contributed by atoms with Gasteiger partial charge >= 0.3 is 5.97 Å². The maximum Gasteiger partial charge on any atom is 0.312 e. The summed E-state index contributed by atoms with van der Waals surface area (Å²) >= 11 is 23.1. The van der Waals surface area contributed by atoms with Crippen LogP contribution in [0.3, 0.4) is 0 Å². The maximum atomic E-state index is 12.4. The number of hydrogen-bond acceptors (Lipinski definition) is 2. The lowest BCUT2D eigenvalue weighted by molar-refractivity contribution is -0.142. The number of rotatable bonds is 3. The molecule has 0 spiro atoms. The number of aromatic amines is 1. The Balaban J connectivity index is 0.000000185. The van der Waals surface area contributed by atoms with Gasteiger partial charge in [-0.05, 0) is 26.3 Å². The summed E-state index contributed by atoms with van der Waals surface area (Å²) in [5.74, 6) is -0.910. The van der Waals surface area contributed by atoms with Gasteiger partial charge in [-0.15, -0.1) is 46.4 Å². The first-order valence-corrected chi connectivity index (χ1v) is 9.47. The summed E-state index contributed by atoms with van der Waals surface area (Å²) in [4.78, 5) is 25.8. The van der Waals surface area contributed by atoms with Crippen LogP contribution in [0.15, 0.2) is 30.5 Å². The van der Waals surface area contributed by atoms with E-state index in [1.165, 1.54) is 6.92 Å². The number of nitrogens with one attached hydrogen (secondary N) is 1. The summed E-state index contributed by atoms with van der Waals surface area (Å²) in [6, 6.07) is 7.71. The minimum absolute atomic E-state index is 0.0138. The summed E-state index contributed by atoms with van der Waals surface area (Å²) in [5.41, 5.74) is 0.0677. The third-order valence-corrected chi connectivity index (χ3v) is 7.53. The van der Waals surface area contributed by atoms with Gasteiger partial charge < -0.3 is 10.1 Å². The molecule has 8 heteroatoms. The van der Waals surface area contributed by atoms with Crippen molar-refractivity contribution in [3.05, 3.63) is 36.0 Å². The molecule has 0 saturated heterocycles. The average Bonchev–Trinajstić information content (AvgIpc) is 3.17. The predicted octanol–water partition coefficient (Wildman–Crippen LogP) is 5.59. The lowest BCUT2D eigenvalue weighted by atomic mass is 9.96. The van der Waals surface area contributed by atoms with Crippen LogP contribution in [0.1, 0.15) is 37.0 Å². The number of benzene rings is 1. The molecule has 4 rings (SSSR count). The van der Waals surface area contributed by atoms with Crippen molar-refractivity contribution in [2.75, 3.05) is 0 Å². The zero-order chi connectivity index (χ0) is 19.5. The normalized spacial score (nSPS) is 30.2. The summed E-state index contributed by atoms with van der Waals surface area (Å²) in [6.45, 7) is 3.35. The van der Waals surface area contributed by atoms with Crippen molar-refractivity contribution in [1.82, 2.24) is 4.98 Å². The number of aromatic nitrogens is 1. The largest absolute Gasteiger partial charge is 0.481 e. The van der Waals surface area contributed by atoms with Crippen LogP contribution in [-0.4, -0.2) is 30.5 Å². The minimum atomic E-state index is -1.03. The van der Waals surface area contributed by atoms with Crippen molar-refractivity contribution < 1.29 is 14.7 Å². The molecule has 2 atom stereocenters. The maximum absolute atomic E-state index is 12.4. The molecule has 4 nitrogen and oxygen atoms in total. The number of H-pyrrole nitrogens is 1. The molecule has 0 radical (unpaired) electrons. The Labute approximate surface area is 170 Å². The summed E-state index contributed by atoms with van der Waals surface area (Å²) in [7, 11) is 0. The minimum Gasteiger partial charge on any atom is -0.481 e. The van der Waals surface area contributed by atoms with Gasteiger partial charge in [-0.25, -0.2) is 0 Å². The Morgan fingerprint density at radius 1 is 1.00 bits per heavy atom. The first-order valence-electron chi connectivity index (χ1n) is 7.96. The molecule has 2 N–H and O–H groups in total. The van der Waals surface area contributed by atoms with Gasteiger partial charge in [0.25, 0.3) is 0 Å². The van der Waals surface area contributed by atoms with Crippen molar-refractivity contribution in [3.63, 3.8) is 0 Å². The van der Waals surface area contributed by atoms with E-state index in [9.17, 15) is 9.59 Å². The summed E-state index contributed by atoms with van der Waals surface area (Å²) < 4.78 is -1.94. The second-order valence-electron chi connectivity index (χ2n) is 7.31. The molecule has 1 heterocycles. The third kappa shape index (κ3) is 3.01. The van der Waals surface area contributed by atoms with Gasteiger partial charge in [0.1, 0.15) is 14.1 Å². The number of aliphatic carboxylic acids is 1. The molecular weight excluding hydrogens is 420 g/mol. The zero-order valence-electron chi connectivity index (χ0n) is 14.1. The fourth-order valence-corrected chi connectivity index (χ4v) is 4.24. The zero-order valence-corrected chi connectivity index (χ0v) is 17.1. The van der Waals surface area contributed by atoms with Gasteiger partial charge in [-0.1, -0.05) is 18.2 Å². The molecule has 26 heavy (non-hydrogen) atoms. The second kappa shape index (κ2) is 6.03. The number of carbonyl (C=O) groups is 2. The van der Waals surface area contributed by atoms with E-state index in [-0.39, 0.29) is 5.78 Å². The molecule has 2 fully saturated rings. The van der Waals surface area contributed by atoms with Crippen molar-refractivity contribution >= 4 is 69.1 Å². The van der Waals surface area contributed by atoms with Crippen LogP contribution >= 0.6 is 46.4 Å². The van der Waals surface area contributed by atoms with E-state index < -0.39 is 25.5 Å². The highest BCUT2D eigenvalue weighted by Gasteiger charge is 2.68. The van der Waals surface area contributed by atoms with Crippen LogP contribution in [0.25, 0.3) is 10.9 Å². The van der Waals surface area contributed by atoms with Gasteiger partial charge in [0.05, 0.1) is 5.41 Å². The number of Topliss-reactive ketones (excluding diaryl/α,β-unsaturated/α-hetero) is 1. The van der Waals surface area contributed by atoms with Gasteiger partial charge in [0.2, 0.25) is 0 Å². The van der Waals surface area contributed by atoms with Crippen LogP contribution < -0.4 is 0 Å². The van der Waals surface area contributed by atoms with Crippen molar-refractivity contribution in [2.45, 2.75) is 35.4 Å². The number of ketones is 1. The highest BCUT2D eigenvalue weighted by Crippen LogP contribution is 2.65. The molecular formula is C18H17Cl4NO3. The number of fused-ring (bicyclic) bond motifs is 1. The van der Waals surface area contributed by atoms with Crippen molar-refractivity contribution in [2.24, 2.45) is 10.8 Å². The molecule has 0 bridgehead atoms. The average molecular weight is 437 g/mol. The van der Waals surface area contributed by atoms with E-state index in [1.54, 1.807) is 6.20 Å². The van der Waals surface area contributed by atoms with Crippen molar-refractivity contribution in [3.8, 4) is 0 Å². The molecule has 1 aromatic carbocycles. The molecule has 2 saturated carbocycles. The lowest BCUT2D eigenvalue weighted by Crippen LogP contribution is -2.18. The van der Waals surface area contributed by atoms with E-state index in [2.05, 4.69) is 4.98 Å². The Bertz CT molecular complexity index is 907. The Kier molecular flexibility index (Phi) is 4.60. The molecule has 1 aromatic heterocycles. The fourth-order valence-electron chi connectivity index (χ4n) is 2.83. The predicted molar refractivity (Wildman–Crippen MR) is 105 cm³/mol. The smallest absolute Gasteiger partial charge is 0.312 e. The monoisotopic (exact) mass is 435 g/mol. The van der Waals surface area contributed by atoms with Crippen molar-refractivity contribution in [1.29, 1.82) is 0 Å². The molecule has 2 aliphatic rings. The molecule has 140 valence electrons. The Morgan fingerprint density at radius 3 is 1.92 bits per heavy atom. The first-order chi connectivity index (χ1) is 11.9. The van der Waals surface area contributed by atoms with E-state index in [1.807, 2.05) is 31.2 Å². The van der Waals surface area contributed by atoms with Crippen LogP contribution in [0.2, 0.25) is 0 Å². The third-order valence-electron chi connectivity index (χ3n) is 5.32. The van der Waals surface area contributed by atoms with Crippen LogP contribution in [0.5, 0.6) is 0 Å². The number of carboxylic acid groups (broad SMARTS) is 1. The van der Waals surface area contributed by atoms with E-state index >= 15 is 0 Å². The van der Waals surface area contributed by atoms with Gasteiger partial charge in [-0.3, -0.25) is 9.59 Å². The van der Waals surface area contributed by atoms with Gasteiger partial charge in [-0.2, -0.15) is 0 Å². The number of para-hydroxylation sites is 1. The van der Waals surface area contributed by atoms with Crippen LogP contribution in [0, 0.1) is 10.8 Å².